The summed E-state index contributed by atoms with van der Waals surface area (Å²) in [6, 6.07) is 25.9. The summed E-state index contributed by atoms with van der Waals surface area (Å²) in [5.74, 6) is 1.64. The van der Waals surface area contributed by atoms with Crippen molar-refractivity contribution in [2.45, 2.75) is 25.4 Å². The fourth-order valence-corrected chi connectivity index (χ4v) is 5.03. The molecule has 1 saturated heterocycles. The number of thiocarbonyl (C=S) groups is 1. The van der Waals surface area contributed by atoms with E-state index in [1.165, 1.54) is 0 Å². The topological polar surface area (TPSA) is 53.3 Å². The zero-order valence-electron chi connectivity index (χ0n) is 19.4. The fraction of sp³-hybridized carbons (Fsp3) is 0.214. The van der Waals surface area contributed by atoms with Crippen LogP contribution in [0.4, 0.5) is 5.69 Å². The van der Waals surface area contributed by atoms with Gasteiger partial charge in [0.1, 0.15) is 17.6 Å². The molecule has 0 radical (unpaired) electrons. The maximum absolute atomic E-state index is 6.45. The summed E-state index contributed by atoms with van der Waals surface area (Å²) < 4.78 is 6.45. The summed E-state index contributed by atoms with van der Waals surface area (Å²) in [5.41, 5.74) is 4.04. The van der Waals surface area contributed by atoms with Crippen LogP contribution in [-0.2, 0) is 0 Å². The van der Waals surface area contributed by atoms with Crippen molar-refractivity contribution in [1.29, 1.82) is 0 Å². The minimum absolute atomic E-state index is 0.106. The van der Waals surface area contributed by atoms with Crippen LogP contribution in [0.1, 0.15) is 35.5 Å². The van der Waals surface area contributed by atoms with Crippen LogP contribution in [0.3, 0.4) is 0 Å². The highest BCUT2D eigenvalue weighted by Gasteiger charge is 2.41. The number of pyridine rings is 1. The average Bonchev–Trinajstić information content (AvgIpc) is 3.49. The Morgan fingerprint density at radius 3 is 2.66 bits per heavy atom. The molecule has 0 aliphatic carbocycles. The highest BCUT2D eigenvalue weighted by molar-refractivity contribution is 7.80. The van der Waals surface area contributed by atoms with Gasteiger partial charge in [-0.15, -0.1) is 0 Å². The summed E-state index contributed by atoms with van der Waals surface area (Å²) in [6.45, 7) is 3.63. The number of nitrogens with one attached hydrogen (secondary N) is 2. The number of aromatic nitrogens is 1. The SMILES string of the molecule is Cc1c(Cl)cccc1-c1ccc([C@H]2[C@@H](c3ccccn3)NC(=S)N2CCCNc2ccccc2)o1. The van der Waals surface area contributed by atoms with Gasteiger partial charge in [-0.1, -0.05) is 48.0 Å². The molecule has 5 rings (SSSR count). The van der Waals surface area contributed by atoms with Crippen LogP contribution in [0, 0.1) is 6.92 Å². The molecule has 3 heterocycles. The summed E-state index contributed by atoms with van der Waals surface area (Å²) in [5, 5.41) is 8.41. The highest BCUT2D eigenvalue weighted by Crippen LogP contribution is 2.41. The van der Waals surface area contributed by atoms with Crippen molar-refractivity contribution in [2.75, 3.05) is 18.4 Å². The third-order valence-electron chi connectivity index (χ3n) is 6.33. The van der Waals surface area contributed by atoms with Crippen LogP contribution in [0.5, 0.6) is 0 Å². The number of benzene rings is 2. The van der Waals surface area contributed by atoms with Crippen LogP contribution < -0.4 is 10.6 Å². The molecule has 2 aromatic heterocycles. The largest absolute Gasteiger partial charge is 0.459 e. The minimum atomic E-state index is -0.109. The number of rotatable bonds is 8. The molecule has 0 bridgehead atoms. The number of furan rings is 1. The summed E-state index contributed by atoms with van der Waals surface area (Å²) in [6.07, 6.45) is 2.73. The molecule has 2 aromatic carbocycles. The Kier molecular flexibility index (Phi) is 7.02. The molecule has 4 aromatic rings. The van der Waals surface area contributed by atoms with Crippen molar-refractivity contribution in [1.82, 2.24) is 15.2 Å². The molecule has 0 unspecified atom stereocenters. The van der Waals surface area contributed by atoms with Crippen molar-refractivity contribution in [2.24, 2.45) is 0 Å². The molecular weight excluding hydrogens is 476 g/mol. The molecule has 0 saturated carbocycles. The van der Waals surface area contributed by atoms with Crippen LogP contribution >= 0.6 is 23.8 Å². The second-order valence-electron chi connectivity index (χ2n) is 8.58. The molecule has 178 valence electrons. The molecule has 1 fully saturated rings. The smallest absolute Gasteiger partial charge is 0.170 e. The maximum Gasteiger partial charge on any atom is 0.170 e. The number of hydrogen-bond acceptors (Lipinski definition) is 4. The van der Waals surface area contributed by atoms with Crippen molar-refractivity contribution < 1.29 is 4.42 Å². The zero-order valence-corrected chi connectivity index (χ0v) is 21.0. The van der Waals surface area contributed by atoms with E-state index in [1.807, 2.05) is 79.9 Å². The summed E-state index contributed by atoms with van der Waals surface area (Å²) in [7, 11) is 0. The number of anilines is 1. The molecule has 0 amide bonds. The highest BCUT2D eigenvalue weighted by atomic mass is 35.5. The van der Waals surface area contributed by atoms with Crippen LogP contribution in [-0.4, -0.2) is 28.1 Å². The predicted molar refractivity (Wildman–Crippen MR) is 146 cm³/mol. The van der Waals surface area contributed by atoms with Gasteiger partial charge in [-0.05, 0) is 73.6 Å². The van der Waals surface area contributed by atoms with Gasteiger partial charge >= 0.3 is 0 Å². The predicted octanol–water partition coefficient (Wildman–Crippen LogP) is 6.78. The van der Waals surface area contributed by atoms with E-state index in [0.717, 1.165) is 58.6 Å². The Balaban J connectivity index is 1.40. The maximum atomic E-state index is 6.45. The molecule has 2 N–H and O–H groups in total. The van der Waals surface area contributed by atoms with Crippen molar-refractivity contribution in [3.8, 4) is 11.3 Å². The number of halogens is 1. The van der Waals surface area contributed by atoms with Gasteiger partial charge in [0.25, 0.3) is 0 Å². The Morgan fingerprint density at radius 1 is 1.03 bits per heavy atom. The fourth-order valence-electron chi connectivity index (χ4n) is 4.52. The van der Waals surface area contributed by atoms with Crippen LogP contribution in [0.25, 0.3) is 11.3 Å². The molecule has 1 aliphatic heterocycles. The Labute approximate surface area is 216 Å². The number of para-hydroxylation sites is 1. The summed E-state index contributed by atoms with van der Waals surface area (Å²) >= 11 is 12.2. The lowest BCUT2D eigenvalue weighted by atomic mass is 10.0. The summed E-state index contributed by atoms with van der Waals surface area (Å²) in [4.78, 5) is 6.83. The van der Waals surface area contributed by atoms with Crippen molar-refractivity contribution in [3.05, 3.63) is 107 Å². The second-order valence-corrected chi connectivity index (χ2v) is 9.37. The van der Waals surface area contributed by atoms with Gasteiger partial charge in [0, 0.05) is 35.6 Å². The van der Waals surface area contributed by atoms with Crippen LogP contribution in [0.15, 0.2) is 89.5 Å². The van der Waals surface area contributed by atoms with E-state index < -0.39 is 0 Å². The van der Waals surface area contributed by atoms with Gasteiger partial charge < -0.3 is 20.0 Å². The molecule has 2 atom stereocenters. The van der Waals surface area contributed by atoms with E-state index in [1.54, 1.807) is 0 Å². The second kappa shape index (κ2) is 10.5. The Bertz CT molecular complexity index is 1290. The number of nitrogens with zero attached hydrogens (tertiary/aromatic N) is 2. The minimum Gasteiger partial charge on any atom is -0.459 e. The molecule has 35 heavy (non-hydrogen) atoms. The van der Waals surface area contributed by atoms with Crippen LogP contribution in [0.2, 0.25) is 5.02 Å². The van der Waals surface area contributed by atoms with Gasteiger partial charge in [-0.3, -0.25) is 4.98 Å². The number of hydrogen-bond donors (Lipinski definition) is 2. The molecule has 5 nitrogen and oxygen atoms in total. The lowest BCUT2D eigenvalue weighted by molar-refractivity contribution is 0.274. The first-order chi connectivity index (χ1) is 17.1. The standard InChI is InChI=1S/C28H27ClN4OS/c1-19-21(11-7-12-22(19)29)24-14-15-25(34-24)27-26(23-13-5-6-16-31-23)32-28(35)33(27)18-8-17-30-20-9-3-2-4-10-20/h2-7,9-16,26-27,30H,8,17-18H2,1H3,(H,32,35)/t26-,27+/m1/s1. The van der Waals surface area contributed by atoms with Crippen molar-refractivity contribution >= 4 is 34.6 Å². The van der Waals surface area contributed by atoms with Gasteiger partial charge in [-0.25, -0.2) is 0 Å². The van der Waals surface area contributed by atoms with E-state index >= 15 is 0 Å². The molecule has 7 heteroatoms. The van der Waals surface area contributed by atoms with Gasteiger partial charge in [-0.2, -0.15) is 0 Å². The first-order valence-electron chi connectivity index (χ1n) is 11.7. The van der Waals surface area contributed by atoms with Crippen molar-refractivity contribution in [3.63, 3.8) is 0 Å². The lowest BCUT2D eigenvalue weighted by Gasteiger charge is -2.26. The van der Waals surface area contributed by atoms with E-state index in [-0.39, 0.29) is 12.1 Å². The lowest BCUT2D eigenvalue weighted by Crippen LogP contribution is -2.31. The van der Waals surface area contributed by atoms with Gasteiger partial charge in [0.2, 0.25) is 0 Å². The van der Waals surface area contributed by atoms with E-state index in [4.69, 9.17) is 28.2 Å². The molecule has 1 aliphatic rings. The Hall–Kier alpha value is -3.35. The monoisotopic (exact) mass is 502 g/mol. The Morgan fingerprint density at radius 2 is 1.86 bits per heavy atom. The molecule has 0 spiro atoms. The van der Waals surface area contributed by atoms with E-state index in [9.17, 15) is 0 Å². The first kappa shape index (κ1) is 23.4. The van der Waals surface area contributed by atoms with E-state index in [2.05, 4.69) is 32.7 Å². The first-order valence-corrected chi connectivity index (χ1v) is 12.5. The van der Waals surface area contributed by atoms with Gasteiger partial charge in [0.05, 0.1) is 11.7 Å². The zero-order chi connectivity index (χ0) is 24.2. The van der Waals surface area contributed by atoms with E-state index in [0.29, 0.717) is 5.11 Å². The third-order valence-corrected chi connectivity index (χ3v) is 7.09. The quantitative estimate of drug-likeness (QED) is 0.204. The average molecular weight is 503 g/mol. The molecular formula is C28H27ClN4OS. The third kappa shape index (κ3) is 5.04. The van der Waals surface area contributed by atoms with Gasteiger partial charge in [0.15, 0.2) is 5.11 Å². The normalized spacial score (nSPS) is 17.4.